The van der Waals surface area contributed by atoms with Gasteiger partial charge >= 0.3 is 5.97 Å². The first-order chi connectivity index (χ1) is 14.0. The molecule has 3 aromatic rings. The number of para-hydroxylation sites is 1. The second kappa shape index (κ2) is 9.52. The smallest absolute Gasteiger partial charge is 0.305 e. The van der Waals surface area contributed by atoms with Gasteiger partial charge in [-0.15, -0.1) is 11.3 Å². The second-order valence-corrected chi connectivity index (χ2v) is 7.58. The zero-order chi connectivity index (χ0) is 20.8. The highest BCUT2D eigenvalue weighted by Crippen LogP contribution is 2.34. The summed E-state index contributed by atoms with van der Waals surface area (Å²) < 4.78 is 25.7. The molecule has 1 aromatic heterocycles. The van der Waals surface area contributed by atoms with Crippen molar-refractivity contribution in [2.45, 2.75) is 19.4 Å². The van der Waals surface area contributed by atoms with Crippen molar-refractivity contribution in [1.29, 1.82) is 0 Å². The number of esters is 1. The number of carbonyl (C=O) groups is 2. The van der Waals surface area contributed by atoms with Crippen molar-refractivity contribution in [3.63, 3.8) is 0 Å². The molecule has 0 radical (unpaired) electrons. The van der Waals surface area contributed by atoms with Gasteiger partial charge in [0.1, 0.15) is 18.2 Å². The van der Waals surface area contributed by atoms with Crippen LogP contribution in [0, 0.1) is 5.82 Å². The zero-order valence-corrected chi connectivity index (χ0v) is 17.1. The van der Waals surface area contributed by atoms with Crippen molar-refractivity contribution < 1.29 is 23.5 Å². The molecule has 0 aliphatic rings. The summed E-state index contributed by atoms with van der Waals surface area (Å²) in [4.78, 5) is 26.3. The summed E-state index contributed by atoms with van der Waals surface area (Å²) in [5.74, 6) is -0.264. The van der Waals surface area contributed by atoms with Gasteiger partial charge < -0.3 is 14.4 Å². The molecular weight excluding hydrogens is 393 g/mol. The lowest BCUT2D eigenvalue weighted by Gasteiger charge is -2.17. The van der Waals surface area contributed by atoms with Gasteiger partial charge in [0.2, 0.25) is 0 Å². The van der Waals surface area contributed by atoms with E-state index in [1.165, 1.54) is 29.4 Å². The predicted octanol–water partition coefficient (Wildman–Crippen LogP) is 4.64. The Bertz CT molecular complexity index is 1000. The molecule has 0 N–H and O–H groups in total. The van der Waals surface area contributed by atoms with E-state index < -0.39 is 0 Å². The summed E-state index contributed by atoms with van der Waals surface area (Å²) in [5.41, 5.74) is 0.539. The van der Waals surface area contributed by atoms with Crippen LogP contribution >= 0.6 is 11.3 Å². The van der Waals surface area contributed by atoms with Gasteiger partial charge in [-0.2, -0.15) is 0 Å². The van der Waals surface area contributed by atoms with Crippen LogP contribution < -0.4 is 4.74 Å². The van der Waals surface area contributed by atoms with Crippen molar-refractivity contribution >= 4 is 33.3 Å². The zero-order valence-electron chi connectivity index (χ0n) is 16.3. The summed E-state index contributed by atoms with van der Waals surface area (Å²) in [6, 6.07) is 14.0. The van der Waals surface area contributed by atoms with Gasteiger partial charge in [-0.25, -0.2) is 4.39 Å². The molecule has 1 heterocycles. The van der Waals surface area contributed by atoms with Gasteiger partial charge in [-0.3, -0.25) is 9.59 Å². The highest BCUT2D eigenvalue weighted by atomic mass is 32.1. The van der Waals surface area contributed by atoms with Crippen LogP contribution in [0.3, 0.4) is 0 Å². The average Bonchev–Trinajstić information content (AvgIpc) is 3.12. The average molecular weight is 415 g/mol. The van der Waals surface area contributed by atoms with Crippen molar-refractivity contribution in [3.8, 4) is 5.75 Å². The van der Waals surface area contributed by atoms with E-state index in [0.717, 1.165) is 0 Å². The van der Waals surface area contributed by atoms with Crippen LogP contribution in [0.2, 0.25) is 0 Å². The number of fused-ring (bicyclic) bond motifs is 1. The summed E-state index contributed by atoms with van der Waals surface area (Å²) in [5, 5.41) is 0.416. The van der Waals surface area contributed by atoms with Crippen LogP contribution in [0.15, 0.2) is 48.5 Å². The van der Waals surface area contributed by atoms with E-state index in [2.05, 4.69) is 4.74 Å². The molecule has 7 heteroatoms. The van der Waals surface area contributed by atoms with Crippen LogP contribution in [0.1, 0.15) is 28.1 Å². The van der Waals surface area contributed by atoms with E-state index in [0.29, 0.717) is 39.2 Å². The molecule has 0 bridgehead atoms. The Kier molecular flexibility index (Phi) is 6.82. The minimum Gasteiger partial charge on any atom is -0.489 e. The van der Waals surface area contributed by atoms with Gasteiger partial charge in [-0.05, 0) is 30.7 Å². The molecular formula is C22H22FNO4S. The van der Waals surface area contributed by atoms with E-state index in [1.54, 1.807) is 19.2 Å². The molecule has 0 spiro atoms. The lowest BCUT2D eigenvalue weighted by molar-refractivity contribution is -0.140. The molecule has 0 aliphatic heterocycles. The van der Waals surface area contributed by atoms with Gasteiger partial charge in [0.05, 0.1) is 12.0 Å². The number of carbonyl (C=O) groups excluding carboxylic acids is 2. The molecule has 0 saturated heterocycles. The second-order valence-electron chi connectivity index (χ2n) is 6.53. The molecule has 3 rings (SSSR count). The first-order valence-electron chi connectivity index (χ1n) is 9.21. The number of hydrogen-bond acceptors (Lipinski definition) is 5. The molecule has 5 nitrogen and oxygen atoms in total. The van der Waals surface area contributed by atoms with Gasteiger partial charge in [0.15, 0.2) is 0 Å². The SMILES string of the molecule is COC(=O)CCCN(C)C(=O)c1sc2cccc(F)c2c1COc1ccccc1. The Hall–Kier alpha value is -2.93. The Labute approximate surface area is 172 Å². The number of halogens is 1. The topological polar surface area (TPSA) is 55.8 Å². The van der Waals surface area contributed by atoms with Crippen molar-refractivity contribution in [2.24, 2.45) is 0 Å². The van der Waals surface area contributed by atoms with Crippen LogP contribution in [0.5, 0.6) is 5.75 Å². The van der Waals surface area contributed by atoms with Crippen LogP contribution in [-0.2, 0) is 16.1 Å². The summed E-state index contributed by atoms with van der Waals surface area (Å²) in [6.45, 7) is 0.478. The first-order valence-corrected chi connectivity index (χ1v) is 10.0. The minimum absolute atomic E-state index is 0.0853. The van der Waals surface area contributed by atoms with E-state index in [9.17, 15) is 14.0 Å². The largest absolute Gasteiger partial charge is 0.489 e. The Balaban J connectivity index is 1.85. The molecule has 2 aromatic carbocycles. The number of benzene rings is 2. The monoisotopic (exact) mass is 415 g/mol. The number of amides is 1. The number of rotatable bonds is 8. The molecule has 0 fully saturated rings. The first kappa shape index (κ1) is 20.8. The predicted molar refractivity (Wildman–Crippen MR) is 111 cm³/mol. The number of hydrogen-bond donors (Lipinski definition) is 0. The fourth-order valence-electron chi connectivity index (χ4n) is 2.99. The maximum atomic E-state index is 14.6. The maximum Gasteiger partial charge on any atom is 0.305 e. The highest BCUT2D eigenvalue weighted by Gasteiger charge is 2.23. The number of ether oxygens (including phenoxy) is 2. The van der Waals surface area contributed by atoms with Crippen molar-refractivity contribution in [1.82, 2.24) is 4.90 Å². The standard InChI is InChI=1S/C22H22FNO4S/c1-24(13-7-12-19(25)27-2)22(26)21-16(14-28-15-8-4-3-5-9-15)20-17(23)10-6-11-18(20)29-21/h3-6,8-11H,7,12-14H2,1-2H3. The summed E-state index contributed by atoms with van der Waals surface area (Å²) in [7, 11) is 3.00. The Morgan fingerprint density at radius 3 is 2.59 bits per heavy atom. The van der Waals surface area contributed by atoms with Gasteiger partial charge in [0.25, 0.3) is 5.91 Å². The normalized spacial score (nSPS) is 10.7. The molecule has 29 heavy (non-hydrogen) atoms. The van der Waals surface area contributed by atoms with Gasteiger partial charge in [-0.1, -0.05) is 24.3 Å². The van der Waals surface area contributed by atoms with Crippen molar-refractivity contribution in [3.05, 3.63) is 64.8 Å². The third kappa shape index (κ3) is 4.92. The van der Waals surface area contributed by atoms with Crippen LogP contribution in [-0.4, -0.2) is 37.5 Å². The third-order valence-electron chi connectivity index (χ3n) is 4.53. The summed E-state index contributed by atoms with van der Waals surface area (Å²) in [6.07, 6.45) is 0.725. The molecule has 0 aliphatic carbocycles. The third-order valence-corrected chi connectivity index (χ3v) is 5.72. The highest BCUT2D eigenvalue weighted by molar-refractivity contribution is 7.21. The molecule has 1 amide bonds. The maximum absolute atomic E-state index is 14.6. The Morgan fingerprint density at radius 1 is 1.10 bits per heavy atom. The number of methoxy groups -OCH3 is 1. The van der Waals surface area contributed by atoms with E-state index in [4.69, 9.17) is 4.74 Å². The molecule has 0 unspecified atom stereocenters. The lowest BCUT2D eigenvalue weighted by Crippen LogP contribution is -2.28. The van der Waals surface area contributed by atoms with Crippen LogP contribution in [0.4, 0.5) is 4.39 Å². The fraction of sp³-hybridized carbons (Fsp3) is 0.273. The Morgan fingerprint density at radius 2 is 1.86 bits per heavy atom. The lowest BCUT2D eigenvalue weighted by atomic mass is 10.1. The summed E-state index contributed by atoms with van der Waals surface area (Å²) >= 11 is 1.25. The molecule has 152 valence electrons. The fourth-order valence-corrected chi connectivity index (χ4v) is 4.20. The van der Waals surface area contributed by atoms with Gasteiger partial charge in [0, 0.05) is 35.7 Å². The van der Waals surface area contributed by atoms with E-state index >= 15 is 0 Å². The molecule has 0 saturated carbocycles. The quantitative estimate of drug-likeness (QED) is 0.503. The number of thiophene rings is 1. The van der Waals surface area contributed by atoms with E-state index in [-0.39, 0.29) is 30.7 Å². The number of nitrogens with zero attached hydrogens (tertiary/aromatic N) is 1. The van der Waals surface area contributed by atoms with E-state index in [1.807, 2.05) is 30.3 Å². The minimum atomic E-state index is -0.377. The van der Waals surface area contributed by atoms with Crippen molar-refractivity contribution in [2.75, 3.05) is 20.7 Å². The molecule has 0 atom stereocenters. The van der Waals surface area contributed by atoms with Crippen LogP contribution in [0.25, 0.3) is 10.1 Å².